The molecule has 0 unspecified atom stereocenters. The molecule has 1 aromatic heterocycles. The van der Waals surface area contributed by atoms with E-state index in [4.69, 9.17) is 0 Å². The number of rotatable bonds is 8. The number of sulfonamides is 1. The lowest BCUT2D eigenvalue weighted by Gasteiger charge is -2.22. The first-order chi connectivity index (χ1) is 14.9. The fourth-order valence-electron chi connectivity index (χ4n) is 2.73. The van der Waals surface area contributed by atoms with Crippen LogP contribution in [0.25, 0.3) is 0 Å². The highest BCUT2D eigenvalue weighted by molar-refractivity contribution is 7.89. The maximum Gasteiger partial charge on any atom is 0.255 e. The number of halogens is 1. The number of hydrogen-bond donors (Lipinski definition) is 1. The summed E-state index contributed by atoms with van der Waals surface area (Å²) in [6.07, 6.45) is 4.57. The van der Waals surface area contributed by atoms with E-state index in [0.717, 1.165) is 9.87 Å². The van der Waals surface area contributed by atoms with E-state index < -0.39 is 28.3 Å². The van der Waals surface area contributed by atoms with Gasteiger partial charge in [-0.1, -0.05) is 35.9 Å². The largest absolute Gasteiger partial charge is 0.272 e. The van der Waals surface area contributed by atoms with Crippen LogP contribution in [-0.4, -0.2) is 36.4 Å². The van der Waals surface area contributed by atoms with Gasteiger partial charge in [-0.2, -0.15) is 9.41 Å². The van der Waals surface area contributed by atoms with E-state index in [0.29, 0.717) is 5.56 Å². The molecule has 0 bridgehead atoms. The second-order valence-corrected chi connectivity index (χ2v) is 8.69. The van der Waals surface area contributed by atoms with Gasteiger partial charge in [-0.05, 0) is 42.8 Å². The number of hydrazone groups is 1. The molecule has 0 saturated heterocycles. The number of carbonyl (C=O) groups excluding carboxylic acids is 1. The Morgan fingerprint density at radius 3 is 2.45 bits per heavy atom. The lowest BCUT2D eigenvalue weighted by Crippen LogP contribution is -2.39. The van der Waals surface area contributed by atoms with E-state index >= 15 is 0 Å². The van der Waals surface area contributed by atoms with Gasteiger partial charge in [0.15, 0.2) is 0 Å². The number of nitrogens with one attached hydrogen (secondary N) is 1. The predicted molar refractivity (Wildman–Crippen MR) is 115 cm³/mol. The molecule has 1 amide bonds. The number of nitrogens with zero attached hydrogens (tertiary/aromatic N) is 3. The van der Waals surface area contributed by atoms with Crippen molar-refractivity contribution in [2.24, 2.45) is 5.10 Å². The fourth-order valence-corrected chi connectivity index (χ4v) is 4.10. The highest BCUT2D eigenvalue weighted by Gasteiger charge is 2.27. The van der Waals surface area contributed by atoms with Crippen LogP contribution in [0.15, 0.2) is 83.1 Å². The van der Waals surface area contributed by atoms with Gasteiger partial charge in [0.25, 0.3) is 5.91 Å². The zero-order chi connectivity index (χ0) is 22.3. The number of carbonyl (C=O) groups is 1. The Bertz CT molecular complexity index is 1170. The number of hydrogen-bond acceptors (Lipinski definition) is 5. The van der Waals surface area contributed by atoms with Gasteiger partial charge < -0.3 is 0 Å². The van der Waals surface area contributed by atoms with Gasteiger partial charge in [-0.25, -0.2) is 18.2 Å². The van der Waals surface area contributed by atoms with Crippen molar-refractivity contribution in [3.63, 3.8) is 0 Å². The molecule has 3 aromatic rings. The molecular weight excluding hydrogens is 419 g/mol. The molecule has 0 atom stereocenters. The van der Waals surface area contributed by atoms with E-state index in [1.54, 1.807) is 42.7 Å². The van der Waals surface area contributed by atoms with Crippen LogP contribution < -0.4 is 5.43 Å². The van der Waals surface area contributed by atoms with Crippen LogP contribution in [0.5, 0.6) is 0 Å². The molecule has 0 saturated carbocycles. The van der Waals surface area contributed by atoms with E-state index in [-0.39, 0.29) is 17.0 Å². The fraction of sp³-hybridized carbons (Fsp3) is 0.136. The molecule has 0 aliphatic heterocycles. The monoisotopic (exact) mass is 440 g/mol. The molecule has 9 heteroatoms. The summed E-state index contributed by atoms with van der Waals surface area (Å²) in [5.74, 6) is -1.21. The van der Waals surface area contributed by atoms with Crippen molar-refractivity contribution in [1.29, 1.82) is 0 Å². The van der Waals surface area contributed by atoms with Crippen molar-refractivity contribution in [3.8, 4) is 0 Å². The molecular formula is C22H21FN4O3S. The second kappa shape index (κ2) is 10.1. The minimum absolute atomic E-state index is 0.0162. The summed E-state index contributed by atoms with van der Waals surface area (Å²) in [5, 5.41) is 3.84. The minimum atomic E-state index is -4.06. The maximum atomic E-state index is 14.2. The highest BCUT2D eigenvalue weighted by Crippen LogP contribution is 2.20. The first kappa shape index (κ1) is 22.3. The topological polar surface area (TPSA) is 91.7 Å². The zero-order valence-electron chi connectivity index (χ0n) is 16.8. The van der Waals surface area contributed by atoms with Crippen molar-refractivity contribution in [2.45, 2.75) is 18.4 Å². The van der Waals surface area contributed by atoms with Gasteiger partial charge in [0.1, 0.15) is 5.82 Å². The molecule has 0 aliphatic rings. The first-order valence-electron chi connectivity index (χ1n) is 9.38. The molecule has 0 radical (unpaired) electrons. The molecule has 1 heterocycles. The van der Waals surface area contributed by atoms with Crippen LogP contribution >= 0.6 is 0 Å². The predicted octanol–water partition coefficient (Wildman–Crippen LogP) is 2.87. The number of amides is 1. The molecule has 2 aromatic carbocycles. The number of aryl methyl sites for hydroxylation is 1. The Kier molecular flexibility index (Phi) is 7.22. The highest BCUT2D eigenvalue weighted by atomic mass is 32.2. The average Bonchev–Trinajstić information content (AvgIpc) is 2.76. The molecule has 0 spiro atoms. The van der Waals surface area contributed by atoms with E-state index in [2.05, 4.69) is 15.5 Å². The summed E-state index contributed by atoms with van der Waals surface area (Å²) in [4.78, 5) is 16.3. The van der Waals surface area contributed by atoms with E-state index in [1.165, 1.54) is 36.5 Å². The van der Waals surface area contributed by atoms with Crippen molar-refractivity contribution >= 4 is 22.1 Å². The summed E-state index contributed by atoms with van der Waals surface area (Å²) in [7, 11) is -4.06. The normalized spacial score (nSPS) is 11.7. The second-order valence-electron chi connectivity index (χ2n) is 6.75. The summed E-state index contributed by atoms with van der Waals surface area (Å²) in [5.41, 5.74) is 4.07. The van der Waals surface area contributed by atoms with Gasteiger partial charge >= 0.3 is 0 Å². The molecule has 160 valence electrons. The summed E-state index contributed by atoms with van der Waals surface area (Å²) in [6, 6.07) is 15.5. The van der Waals surface area contributed by atoms with Gasteiger partial charge in [0, 0.05) is 24.5 Å². The van der Waals surface area contributed by atoms with Gasteiger partial charge in [-0.3, -0.25) is 9.78 Å². The Morgan fingerprint density at radius 2 is 1.77 bits per heavy atom. The minimum Gasteiger partial charge on any atom is -0.272 e. The van der Waals surface area contributed by atoms with Gasteiger partial charge in [0.2, 0.25) is 10.0 Å². The van der Waals surface area contributed by atoms with Crippen LogP contribution in [0.4, 0.5) is 4.39 Å². The Hall–Kier alpha value is -3.43. The molecule has 7 nitrogen and oxygen atoms in total. The SMILES string of the molecule is Cc1ccc(S(=O)(=O)N(CC(=O)NN=Cc2ccncc2)Cc2ccccc2F)cc1. The van der Waals surface area contributed by atoms with Crippen molar-refractivity contribution < 1.29 is 17.6 Å². The number of benzene rings is 2. The third kappa shape index (κ3) is 6.03. The van der Waals surface area contributed by atoms with Gasteiger partial charge in [-0.15, -0.1) is 0 Å². The third-order valence-electron chi connectivity index (χ3n) is 4.39. The van der Waals surface area contributed by atoms with Gasteiger partial charge in [0.05, 0.1) is 17.7 Å². The van der Waals surface area contributed by atoms with Crippen molar-refractivity contribution in [3.05, 3.63) is 95.6 Å². The van der Waals surface area contributed by atoms with Crippen molar-refractivity contribution in [2.75, 3.05) is 6.54 Å². The van der Waals surface area contributed by atoms with Crippen molar-refractivity contribution in [1.82, 2.24) is 14.7 Å². The summed E-state index contributed by atoms with van der Waals surface area (Å²) in [6.45, 7) is 1.00. The summed E-state index contributed by atoms with van der Waals surface area (Å²) >= 11 is 0. The quantitative estimate of drug-likeness (QED) is 0.431. The lowest BCUT2D eigenvalue weighted by atomic mass is 10.2. The zero-order valence-corrected chi connectivity index (χ0v) is 17.6. The Morgan fingerprint density at radius 1 is 1.10 bits per heavy atom. The van der Waals surface area contributed by atoms with Crippen LogP contribution in [0.1, 0.15) is 16.7 Å². The smallest absolute Gasteiger partial charge is 0.255 e. The Balaban J connectivity index is 1.81. The molecule has 0 fully saturated rings. The van der Waals surface area contributed by atoms with Crippen LogP contribution in [0, 0.1) is 12.7 Å². The van der Waals surface area contributed by atoms with Crippen LogP contribution in [0.3, 0.4) is 0 Å². The standard InChI is InChI=1S/C22H21FN4O3S/c1-17-6-8-20(9-7-17)31(29,30)27(15-19-4-2-3-5-21(19)23)16-22(28)26-25-14-18-10-12-24-13-11-18/h2-14H,15-16H2,1H3,(H,26,28). The van der Waals surface area contributed by atoms with E-state index in [9.17, 15) is 17.6 Å². The molecule has 3 rings (SSSR count). The number of pyridine rings is 1. The average molecular weight is 441 g/mol. The molecule has 1 N–H and O–H groups in total. The first-order valence-corrected chi connectivity index (χ1v) is 10.8. The van der Waals surface area contributed by atoms with E-state index in [1.807, 2.05) is 6.92 Å². The number of aromatic nitrogens is 1. The summed E-state index contributed by atoms with van der Waals surface area (Å²) < 4.78 is 41.4. The molecule has 0 aliphatic carbocycles. The van der Waals surface area contributed by atoms with Crippen LogP contribution in [0.2, 0.25) is 0 Å². The maximum absolute atomic E-state index is 14.2. The Labute approximate surface area is 180 Å². The lowest BCUT2D eigenvalue weighted by molar-refractivity contribution is -0.121. The molecule has 31 heavy (non-hydrogen) atoms. The third-order valence-corrected chi connectivity index (χ3v) is 6.20. The van der Waals surface area contributed by atoms with Crippen LogP contribution in [-0.2, 0) is 21.4 Å².